The van der Waals surface area contributed by atoms with Gasteiger partial charge in [0.1, 0.15) is 5.54 Å². The Morgan fingerprint density at radius 3 is 3.06 bits per heavy atom. The van der Waals surface area contributed by atoms with Gasteiger partial charge >= 0.3 is 0 Å². The van der Waals surface area contributed by atoms with Crippen molar-refractivity contribution in [3.05, 3.63) is 12.2 Å². The Hall–Kier alpha value is -1.16. The quantitative estimate of drug-likeness (QED) is 0.395. The average molecular weight is 218 g/mol. The molecule has 5 aliphatic rings. The van der Waals surface area contributed by atoms with Crippen molar-refractivity contribution in [2.24, 2.45) is 23.7 Å². The Balaban J connectivity index is 1.73. The van der Waals surface area contributed by atoms with E-state index < -0.39 is 5.54 Å². The molecular formula is C12H14N2O2. The van der Waals surface area contributed by atoms with Crippen LogP contribution in [0.25, 0.3) is 0 Å². The first kappa shape index (κ1) is 8.93. The van der Waals surface area contributed by atoms with E-state index in [4.69, 9.17) is 0 Å². The molecule has 0 radical (unpaired) electrons. The fourth-order valence-electron chi connectivity index (χ4n) is 4.07. The van der Waals surface area contributed by atoms with Crippen LogP contribution < -0.4 is 5.32 Å². The van der Waals surface area contributed by atoms with Crippen LogP contribution in [0.4, 0.5) is 0 Å². The van der Waals surface area contributed by atoms with E-state index in [-0.39, 0.29) is 5.91 Å². The molecule has 16 heavy (non-hydrogen) atoms. The van der Waals surface area contributed by atoms with Gasteiger partial charge in [-0.05, 0) is 24.2 Å². The van der Waals surface area contributed by atoms with Crippen molar-refractivity contribution in [1.82, 2.24) is 10.2 Å². The fourth-order valence-corrected chi connectivity index (χ4v) is 4.07. The third-order valence-electron chi connectivity index (χ3n) is 4.93. The van der Waals surface area contributed by atoms with Gasteiger partial charge in [0.15, 0.2) is 0 Å². The first-order valence-electron chi connectivity index (χ1n) is 5.88. The maximum atomic E-state index is 12.2. The first-order valence-corrected chi connectivity index (χ1v) is 5.88. The number of carbonyl (C=O) groups excluding carboxylic acids is 2. The van der Waals surface area contributed by atoms with E-state index in [1.54, 1.807) is 7.05 Å². The monoisotopic (exact) mass is 218 g/mol. The van der Waals surface area contributed by atoms with Crippen molar-refractivity contribution in [1.29, 1.82) is 0 Å². The van der Waals surface area contributed by atoms with Crippen LogP contribution in [0.5, 0.6) is 0 Å². The summed E-state index contributed by atoms with van der Waals surface area (Å²) in [5.74, 6) is 2.29. The molecule has 2 saturated carbocycles. The van der Waals surface area contributed by atoms with Gasteiger partial charge in [0.25, 0.3) is 5.91 Å². The molecule has 5 rings (SSSR count). The molecule has 1 N–H and O–H groups in total. The fraction of sp³-hybridized carbons (Fsp3) is 0.667. The second-order valence-electron chi connectivity index (χ2n) is 5.56. The highest BCUT2D eigenvalue weighted by Crippen LogP contribution is 2.67. The molecule has 0 aromatic heterocycles. The molecule has 1 aliphatic heterocycles. The van der Waals surface area contributed by atoms with Crippen molar-refractivity contribution in [2.45, 2.75) is 18.0 Å². The van der Waals surface area contributed by atoms with E-state index in [1.165, 1.54) is 11.3 Å². The molecule has 0 aromatic carbocycles. The van der Waals surface area contributed by atoms with E-state index in [9.17, 15) is 9.59 Å². The van der Waals surface area contributed by atoms with Gasteiger partial charge in [-0.25, -0.2) is 0 Å². The lowest BCUT2D eigenvalue weighted by Crippen LogP contribution is -2.50. The minimum Gasteiger partial charge on any atom is -0.296 e. The van der Waals surface area contributed by atoms with Gasteiger partial charge in [-0.2, -0.15) is 0 Å². The summed E-state index contributed by atoms with van der Waals surface area (Å²) in [5.41, 5.74) is -0.424. The molecule has 6 atom stereocenters. The third-order valence-corrected chi connectivity index (χ3v) is 4.93. The summed E-state index contributed by atoms with van der Waals surface area (Å²) >= 11 is 0. The number of carbonyl (C=O) groups is 2. The summed E-state index contributed by atoms with van der Waals surface area (Å²) in [7, 11) is 1.55. The van der Waals surface area contributed by atoms with Gasteiger partial charge in [0.05, 0.1) is 0 Å². The predicted octanol–water partition coefficient (Wildman–Crippen LogP) is -0.236. The van der Waals surface area contributed by atoms with E-state index >= 15 is 0 Å². The largest absolute Gasteiger partial charge is 0.296 e. The van der Waals surface area contributed by atoms with Crippen LogP contribution in [0.3, 0.4) is 0 Å². The van der Waals surface area contributed by atoms with Crippen LogP contribution in [0.15, 0.2) is 12.2 Å². The number of hydrogen-bond acceptors (Lipinski definition) is 3. The Labute approximate surface area is 93.7 Å². The van der Waals surface area contributed by atoms with Crippen LogP contribution in [0.2, 0.25) is 0 Å². The minimum atomic E-state index is -0.424. The predicted molar refractivity (Wildman–Crippen MR) is 56.2 cm³/mol. The summed E-state index contributed by atoms with van der Waals surface area (Å²) in [6.07, 6.45) is 6.35. The van der Waals surface area contributed by atoms with Gasteiger partial charge < -0.3 is 0 Å². The summed E-state index contributed by atoms with van der Waals surface area (Å²) in [6, 6.07) is 0.293. The van der Waals surface area contributed by atoms with Crippen LogP contribution in [0, 0.1) is 23.7 Å². The highest BCUT2D eigenvalue weighted by molar-refractivity contribution is 5.98. The van der Waals surface area contributed by atoms with E-state index in [2.05, 4.69) is 17.5 Å². The van der Waals surface area contributed by atoms with Crippen LogP contribution in [0.1, 0.15) is 6.42 Å². The molecule has 0 spiro atoms. The van der Waals surface area contributed by atoms with E-state index in [1.807, 2.05) is 0 Å². The SMILES string of the molecule is CN(C=O)C(=O)C12NC1C1C=CC2C2CC12. The standard InChI is InChI=1S/C12H14N2O2/c1-14(5-15)11(16)12-9-3-2-6(10(12)13-12)7-4-8(7)9/h2-3,5-10,13H,4H2,1H3. The second kappa shape index (κ2) is 2.40. The van der Waals surface area contributed by atoms with Gasteiger partial charge in [-0.15, -0.1) is 0 Å². The zero-order valence-corrected chi connectivity index (χ0v) is 9.09. The molecule has 2 bridgehead atoms. The van der Waals surface area contributed by atoms with Gasteiger partial charge in [-0.3, -0.25) is 19.8 Å². The number of nitrogens with one attached hydrogen (secondary N) is 1. The summed E-state index contributed by atoms with van der Waals surface area (Å²) in [4.78, 5) is 24.1. The molecule has 2 amide bonds. The molecule has 0 aromatic rings. The minimum absolute atomic E-state index is 0.0443. The molecule has 4 aliphatic carbocycles. The second-order valence-corrected chi connectivity index (χ2v) is 5.56. The lowest BCUT2D eigenvalue weighted by atomic mass is 9.68. The van der Waals surface area contributed by atoms with Crippen molar-refractivity contribution >= 4 is 12.3 Å². The lowest BCUT2D eigenvalue weighted by molar-refractivity contribution is -0.140. The van der Waals surface area contributed by atoms with Crippen molar-refractivity contribution in [3.8, 4) is 0 Å². The van der Waals surface area contributed by atoms with E-state index in [0.29, 0.717) is 30.2 Å². The van der Waals surface area contributed by atoms with Gasteiger partial charge in [-0.1, -0.05) is 12.2 Å². The zero-order valence-electron chi connectivity index (χ0n) is 9.09. The first-order chi connectivity index (χ1) is 7.70. The van der Waals surface area contributed by atoms with Gasteiger partial charge in [0.2, 0.25) is 6.41 Å². The Morgan fingerprint density at radius 1 is 1.50 bits per heavy atom. The molecular weight excluding hydrogens is 204 g/mol. The molecule has 4 nitrogen and oxygen atoms in total. The topological polar surface area (TPSA) is 59.3 Å². The molecule has 84 valence electrons. The number of nitrogens with zero attached hydrogens (tertiary/aromatic N) is 1. The van der Waals surface area contributed by atoms with Crippen molar-refractivity contribution in [2.75, 3.05) is 7.05 Å². The zero-order chi connectivity index (χ0) is 11.1. The van der Waals surface area contributed by atoms with Crippen molar-refractivity contribution in [3.63, 3.8) is 0 Å². The van der Waals surface area contributed by atoms with Crippen molar-refractivity contribution < 1.29 is 9.59 Å². The summed E-state index contributed by atoms with van der Waals surface area (Å²) in [5, 5.41) is 3.37. The molecule has 3 fully saturated rings. The highest BCUT2D eigenvalue weighted by atomic mass is 16.2. The number of hydrogen-bond donors (Lipinski definition) is 1. The highest BCUT2D eigenvalue weighted by Gasteiger charge is 2.77. The summed E-state index contributed by atoms with van der Waals surface area (Å²) < 4.78 is 0. The number of rotatable bonds is 2. The molecule has 6 unspecified atom stereocenters. The normalized spacial score (nSPS) is 53.9. The molecule has 1 heterocycles. The number of imide groups is 1. The maximum absolute atomic E-state index is 12.2. The van der Waals surface area contributed by atoms with Crippen LogP contribution >= 0.6 is 0 Å². The Bertz CT molecular complexity index is 433. The molecule has 1 saturated heterocycles. The van der Waals surface area contributed by atoms with Gasteiger partial charge in [0, 0.05) is 19.0 Å². The Kier molecular flexibility index (Phi) is 1.34. The third kappa shape index (κ3) is 0.755. The van der Waals surface area contributed by atoms with E-state index in [0.717, 1.165) is 5.92 Å². The average Bonchev–Trinajstić information content (AvgIpc) is 3.15. The number of amides is 2. The van der Waals surface area contributed by atoms with Crippen LogP contribution in [-0.2, 0) is 9.59 Å². The van der Waals surface area contributed by atoms with Crippen LogP contribution in [-0.4, -0.2) is 35.8 Å². The smallest absolute Gasteiger partial charge is 0.251 e. The molecule has 4 heteroatoms. The number of likely N-dealkylation sites (N-methyl/N-ethyl adjacent to an activating group) is 1. The summed E-state index contributed by atoms with van der Waals surface area (Å²) in [6.45, 7) is 0. The maximum Gasteiger partial charge on any atom is 0.251 e. The lowest BCUT2D eigenvalue weighted by Gasteiger charge is -2.35. The Morgan fingerprint density at radius 2 is 2.31 bits per heavy atom.